The van der Waals surface area contributed by atoms with Gasteiger partial charge in [0.05, 0.1) is 22.5 Å². The zero-order chi connectivity index (χ0) is 22.4. The van der Waals surface area contributed by atoms with Crippen LogP contribution in [0.4, 0.5) is 18.9 Å². The molecule has 0 spiro atoms. The molecule has 0 atom stereocenters. The minimum atomic E-state index is -4.74. The highest BCUT2D eigenvalue weighted by Crippen LogP contribution is 2.37. The molecule has 30 heavy (non-hydrogen) atoms. The van der Waals surface area contributed by atoms with E-state index in [0.29, 0.717) is 23.3 Å². The molecule has 0 saturated carbocycles. The van der Waals surface area contributed by atoms with Crippen LogP contribution in [0.15, 0.2) is 18.2 Å². The summed E-state index contributed by atoms with van der Waals surface area (Å²) in [6.07, 6.45) is 1.59. The van der Waals surface area contributed by atoms with Gasteiger partial charge in [0.2, 0.25) is 15.9 Å². The Morgan fingerprint density at radius 3 is 2.40 bits per heavy atom. The van der Waals surface area contributed by atoms with Crippen molar-refractivity contribution in [1.29, 1.82) is 0 Å². The van der Waals surface area contributed by atoms with E-state index in [9.17, 15) is 26.4 Å². The number of alkyl halides is 3. The van der Waals surface area contributed by atoms with Crippen LogP contribution in [-0.2, 0) is 21.0 Å². The van der Waals surface area contributed by atoms with Gasteiger partial charge >= 0.3 is 6.18 Å². The van der Waals surface area contributed by atoms with Gasteiger partial charge in [-0.25, -0.2) is 8.42 Å². The molecule has 1 aliphatic rings. The first-order chi connectivity index (χ1) is 14.0. The lowest BCUT2D eigenvalue weighted by molar-refractivity contribution is -0.137. The maximum atomic E-state index is 13.1. The van der Waals surface area contributed by atoms with Crippen LogP contribution in [0.5, 0.6) is 0 Å². The minimum Gasteiger partial charge on any atom is -0.354 e. The fraction of sp³-hybridized carbons (Fsp3) is 0.632. The molecular weight excluding hydrogens is 443 g/mol. The SMILES string of the molecule is CS(=O)(=O)N(CC(=O)NCCCN1CCCCCC1)c1ccc(Cl)c(C(F)(F)F)c1. The van der Waals surface area contributed by atoms with Gasteiger partial charge in [-0.15, -0.1) is 0 Å². The molecule has 170 valence electrons. The molecule has 1 aliphatic heterocycles. The van der Waals surface area contributed by atoms with Crippen molar-refractivity contribution in [2.75, 3.05) is 43.3 Å². The first kappa shape index (κ1) is 24.7. The van der Waals surface area contributed by atoms with E-state index in [1.165, 1.54) is 12.8 Å². The number of carbonyl (C=O) groups is 1. The van der Waals surface area contributed by atoms with Crippen molar-refractivity contribution in [3.8, 4) is 0 Å². The van der Waals surface area contributed by atoms with Crippen LogP contribution in [0.1, 0.15) is 37.7 Å². The molecule has 1 aromatic carbocycles. The summed E-state index contributed by atoms with van der Waals surface area (Å²) in [5.74, 6) is -0.584. The average Bonchev–Trinajstić information content (AvgIpc) is 2.91. The number of nitrogens with one attached hydrogen (secondary N) is 1. The molecule has 0 aliphatic carbocycles. The molecule has 0 radical (unpaired) electrons. The smallest absolute Gasteiger partial charge is 0.354 e. The van der Waals surface area contributed by atoms with Gasteiger partial charge in [0.25, 0.3) is 0 Å². The minimum absolute atomic E-state index is 0.269. The number of sulfonamides is 1. The van der Waals surface area contributed by atoms with Crippen LogP contribution in [0, 0.1) is 0 Å². The highest BCUT2D eigenvalue weighted by molar-refractivity contribution is 7.92. The molecule has 1 amide bonds. The van der Waals surface area contributed by atoms with Gasteiger partial charge in [0, 0.05) is 6.54 Å². The Morgan fingerprint density at radius 2 is 1.83 bits per heavy atom. The van der Waals surface area contributed by atoms with Crippen molar-refractivity contribution in [2.45, 2.75) is 38.3 Å². The Labute approximate surface area is 180 Å². The van der Waals surface area contributed by atoms with Crippen LogP contribution in [0.3, 0.4) is 0 Å². The number of likely N-dealkylation sites (tertiary alicyclic amines) is 1. The molecule has 1 N–H and O–H groups in total. The lowest BCUT2D eigenvalue weighted by Gasteiger charge is -2.23. The summed E-state index contributed by atoms with van der Waals surface area (Å²) in [5.41, 5.74) is -1.43. The second-order valence-corrected chi connectivity index (χ2v) is 9.70. The second kappa shape index (κ2) is 10.7. The Balaban J connectivity index is 1.97. The molecule has 1 aromatic rings. The fourth-order valence-electron chi connectivity index (χ4n) is 3.36. The molecule has 0 unspecified atom stereocenters. The van der Waals surface area contributed by atoms with E-state index in [1.807, 2.05) is 0 Å². The summed E-state index contributed by atoms with van der Waals surface area (Å²) >= 11 is 5.59. The van der Waals surface area contributed by atoms with E-state index < -0.39 is 39.2 Å². The number of benzene rings is 1. The standard InChI is InChI=1S/C19H27ClF3N3O3S/c1-30(28,29)26(15-7-8-17(20)16(13-15)19(21,22)23)14-18(27)24-9-6-12-25-10-4-2-3-5-11-25/h7-8,13H,2-6,9-12,14H2,1H3,(H,24,27). The molecular formula is C19H27ClF3N3O3S. The molecule has 0 bridgehead atoms. The highest BCUT2D eigenvalue weighted by atomic mass is 35.5. The van der Waals surface area contributed by atoms with Crippen LogP contribution < -0.4 is 9.62 Å². The van der Waals surface area contributed by atoms with Crippen LogP contribution >= 0.6 is 11.6 Å². The zero-order valence-corrected chi connectivity index (χ0v) is 18.4. The van der Waals surface area contributed by atoms with Crippen molar-refractivity contribution < 1.29 is 26.4 Å². The lowest BCUT2D eigenvalue weighted by atomic mass is 10.2. The van der Waals surface area contributed by atoms with E-state index in [2.05, 4.69) is 10.2 Å². The van der Waals surface area contributed by atoms with E-state index in [1.54, 1.807) is 0 Å². The number of halogens is 4. The first-order valence-electron chi connectivity index (χ1n) is 9.82. The highest BCUT2D eigenvalue weighted by Gasteiger charge is 2.34. The predicted molar refractivity (Wildman–Crippen MR) is 111 cm³/mol. The van der Waals surface area contributed by atoms with Crippen molar-refractivity contribution in [3.05, 3.63) is 28.8 Å². The quantitative estimate of drug-likeness (QED) is 0.591. The van der Waals surface area contributed by atoms with Gasteiger partial charge in [-0.2, -0.15) is 13.2 Å². The zero-order valence-electron chi connectivity index (χ0n) is 16.8. The molecule has 2 rings (SSSR count). The Hall–Kier alpha value is -1.52. The van der Waals surface area contributed by atoms with Crippen molar-refractivity contribution >= 4 is 33.2 Å². The number of anilines is 1. The Kier molecular flexibility index (Phi) is 8.81. The van der Waals surface area contributed by atoms with Gasteiger partial charge in [0.1, 0.15) is 6.54 Å². The normalized spacial score (nSPS) is 16.2. The van der Waals surface area contributed by atoms with Crippen molar-refractivity contribution in [3.63, 3.8) is 0 Å². The van der Waals surface area contributed by atoms with Crippen molar-refractivity contribution in [2.24, 2.45) is 0 Å². The molecule has 1 heterocycles. The largest absolute Gasteiger partial charge is 0.417 e. The molecule has 1 fully saturated rings. The molecule has 1 saturated heterocycles. The summed E-state index contributed by atoms with van der Waals surface area (Å²) < 4.78 is 64.2. The van der Waals surface area contributed by atoms with Gasteiger partial charge in [-0.1, -0.05) is 24.4 Å². The maximum absolute atomic E-state index is 13.1. The predicted octanol–water partition coefficient (Wildman–Crippen LogP) is 3.51. The van der Waals surface area contributed by atoms with E-state index in [-0.39, 0.29) is 5.69 Å². The number of amides is 1. The van der Waals surface area contributed by atoms with Gasteiger partial charge in [-0.3, -0.25) is 9.10 Å². The molecule has 6 nitrogen and oxygen atoms in total. The summed E-state index contributed by atoms with van der Waals surface area (Å²) in [5, 5.41) is 2.10. The second-order valence-electron chi connectivity index (χ2n) is 7.39. The third-order valence-electron chi connectivity index (χ3n) is 4.90. The number of carbonyl (C=O) groups excluding carboxylic acids is 1. The maximum Gasteiger partial charge on any atom is 0.417 e. The summed E-state index contributed by atoms with van der Waals surface area (Å²) in [6.45, 7) is 2.66. The fourth-order valence-corrected chi connectivity index (χ4v) is 4.44. The Bertz CT molecular complexity index is 826. The lowest BCUT2D eigenvalue weighted by Crippen LogP contribution is -2.41. The summed E-state index contributed by atoms with van der Waals surface area (Å²) in [6, 6.07) is 2.75. The van der Waals surface area contributed by atoms with Crippen LogP contribution in [0.25, 0.3) is 0 Å². The van der Waals surface area contributed by atoms with Gasteiger partial charge < -0.3 is 10.2 Å². The third kappa shape index (κ3) is 7.63. The van der Waals surface area contributed by atoms with Gasteiger partial charge in [0.15, 0.2) is 0 Å². The molecule has 11 heteroatoms. The number of rotatable bonds is 8. The monoisotopic (exact) mass is 469 g/mol. The number of nitrogens with zero attached hydrogens (tertiary/aromatic N) is 2. The number of hydrogen-bond donors (Lipinski definition) is 1. The summed E-state index contributed by atoms with van der Waals surface area (Å²) in [4.78, 5) is 14.6. The van der Waals surface area contributed by atoms with E-state index in [0.717, 1.165) is 50.9 Å². The average molecular weight is 470 g/mol. The van der Waals surface area contributed by atoms with Gasteiger partial charge in [-0.05, 0) is 57.1 Å². The third-order valence-corrected chi connectivity index (χ3v) is 6.37. The summed E-state index contributed by atoms with van der Waals surface area (Å²) in [7, 11) is -3.99. The van der Waals surface area contributed by atoms with Crippen LogP contribution in [-0.4, -0.2) is 58.2 Å². The van der Waals surface area contributed by atoms with E-state index in [4.69, 9.17) is 11.6 Å². The Morgan fingerprint density at radius 1 is 1.20 bits per heavy atom. The number of hydrogen-bond acceptors (Lipinski definition) is 4. The van der Waals surface area contributed by atoms with E-state index >= 15 is 0 Å². The first-order valence-corrected chi connectivity index (χ1v) is 12.0. The molecule has 0 aromatic heterocycles. The van der Waals surface area contributed by atoms with Crippen LogP contribution in [0.2, 0.25) is 5.02 Å². The topological polar surface area (TPSA) is 69.7 Å². The van der Waals surface area contributed by atoms with Crippen molar-refractivity contribution in [1.82, 2.24) is 10.2 Å².